The Morgan fingerprint density at radius 2 is 0.884 bits per heavy atom. The summed E-state index contributed by atoms with van der Waals surface area (Å²) in [5, 5.41) is 9.97. The molecule has 2 atom stereocenters. The molecule has 0 saturated heterocycles. The predicted molar refractivity (Wildman–Crippen MR) is 178 cm³/mol. The first-order chi connectivity index (χ1) is 21.3. The van der Waals surface area contributed by atoms with Crippen LogP contribution >= 0.6 is 0 Å². The molecule has 0 fully saturated rings. The number of hydrogen-bond acceptors (Lipinski definition) is 3. The fraction of sp³-hybridized carbons (Fsp3) is 0.0513. The topological polar surface area (TPSA) is 41.4 Å². The molecule has 1 aliphatic rings. The monoisotopic (exact) mass is 554 g/mol. The number of nitrogens with one attached hydrogen (secondary N) is 2. The molecule has 7 aromatic rings. The lowest BCUT2D eigenvalue weighted by Gasteiger charge is -2.32. The van der Waals surface area contributed by atoms with Gasteiger partial charge in [0.05, 0.1) is 11.0 Å². The highest BCUT2D eigenvalue weighted by molar-refractivity contribution is 6.13. The maximum absolute atomic E-state index is 5.30. The fourth-order valence-corrected chi connectivity index (χ4v) is 6.14. The molecule has 0 saturated carbocycles. The number of rotatable bonds is 4. The van der Waals surface area contributed by atoms with Gasteiger partial charge in [-0.3, -0.25) is 9.88 Å². The van der Waals surface area contributed by atoms with E-state index in [-0.39, 0.29) is 12.3 Å². The van der Waals surface area contributed by atoms with Crippen molar-refractivity contribution in [2.45, 2.75) is 12.3 Å². The highest BCUT2D eigenvalue weighted by Gasteiger charge is 2.27. The second kappa shape index (κ2) is 10.8. The zero-order valence-electron chi connectivity index (χ0n) is 23.6. The van der Waals surface area contributed by atoms with Gasteiger partial charge in [0.25, 0.3) is 0 Å². The lowest BCUT2D eigenvalue weighted by atomic mass is 10.0. The Morgan fingerprint density at radius 3 is 1.42 bits per heavy atom. The van der Waals surface area contributed by atoms with Gasteiger partial charge in [-0.15, -0.1) is 0 Å². The first kappa shape index (κ1) is 25.3. The van der Waals surface area contributed by atoms with Gasteiger partial charge >= 0.3 is 0 Å². The maximum Gasteiger partial charge on any atom is 0.206 e. The van der Waals surface area contributed by atoms with Crippen LogP contribution in [0.15, 0.2) is 163 Å². The summed E-state index contributed by atoms with van der Waals surface area (Å²) in [6.45, 7) is 0. The van der Waals surface area contributed by atoms with Crippen molar-refractivity contribution in [3.05, 3.63) is 169 Å². The molecule has 0 bridgehead atoms. The molecule has 2 N–H and O–H groups in total. The first-order valence-electron chi connectivity index (χ1n) is 14.7. The smallest absolute Gasteiger partial charge is 0.206 e. The van der Waals surface area contributed by atoms with Crippen molar-refractivity contribution in [1.29, 1.82) is 0 Å². The second-order valence-electron chi connectivity index (χ2n) is 10.9. The molecule has 1 aliphatic heterocycles. The number of hydrogen-bond donors (Lipinski definition) is 2. The minimum Gasteiger partial charge on any atom is -0.336 e. The van der Waals surface area contributed by atoms with Crippen LogP contribution in [0, 0.1) is 0 Å². The van der Waals surface area contributed by atoms with E-state index in [1.54, 1.807) is 0 Å². The van der Waals surface area contributed by atoms with E-state index in [0.29, 0.717) is 0 Å². The van der Waals surface area contributed by atoms with Gasteiger partial charge in [0.2, 0.25) is 5.96 Å². The zero-order valence-corrected chi connectivity index (χ0v) is 23.6. The minimum absolute atomic E-state index is 0.143. The van der Waals surface area contributed by atoms with Crippen LogP contribution < -0.4 is 10.6 Å². The third kappa shape index (κ3) is 4.68. The van der Waals surface area contributed by atoms with Crippen molar-refractivity contribution in [3.63, 3.8) is 0 Å². The quantitative estimate of drug-likeness (QED) is 0.228. The Balaban J connectivity index is 1.22. The lowest BCUT2D eigenvalue weighted by molar-refractivity contribution is 0.403. The van der Waals surface area contributed by atoms with Crippen LogP contribution in [0.3, 0.4) is 0 Å². The SMILES string of the molecule is c1ccc(-c2ccc(C3N=C(n4c5ccccc5c5ccccc54)NC(c4ccc(-c5ccccc5)cc4)N3)cc2)cc1. The first-order valence-corrected chi connectivity index (χ1v) is 14.7. The Morgan fingerprint density at radius 1 is 0.442 bits per heavy atom. The van der Waals surface area contributed by atoms with Crippen molar-refractivity contribution < 1.29 is 0 Å². The summed E-state index contributed by atoms with van der Waals surface area (Å²) in [4.78, 5) is 5.30. The maximum atomic E-state index is 5.30. The van der Waals surface area contributed by atoms with E-state index >= 15 is 0 Å². The summed E-state index contributed by atoms with van der Waals surface area (Å²) >= 11 is 0. The van der Waals surface area contributed by atoms with Gasteiger partial charge in [0, 0.05) is 10.8 Å². The van der Waals surface area contributed by atoms with Crippen molar-refractivity contribution >= 4 is 27.8 Å². The summed E-state index contributed by atoms with van der Waals surface area (Å²) in [6, 6.07) is 55.7. The molecule has 4 heteroatoms. The standard InChI is InChI=1S/C39H30N4/c1-3-11-27(12-4-1)29-19-23-31(24-20-29)37-40-38(32-25-21-30(22-26-32)28-13-5-2-6-14-28)42-39(41-37)43-35-17-9-7-15-33(35)34-16-8-10-18-36(34)43/h1-26,37-38,40H,(H,41,42). The molecule has 43 heavy (non-hydrogen) atoms. The summed E-state index contributed by atoms with van der Waals surface area (Å²) in [7, 11) is 0. The Labute approximate surface area is 251 Å². The minimum atomic E-state index is -0.236. The third-order valence-corrected chi connectivity index (χ3v) is 8.33. The third-order valence-electron chi connectivity index (χ3n) is 8.33. The van der Waals surface area contributed by atoms with E-state index in [2.05, 4.69) is 167 Å². The normalized spacial score (nSPS) is 16.6. The molecule has 6 aromatic carbocycles. The number of para-hydroxylation sites is 2. The molecule has 4 nitrogen and oxygen atoms in total. The summed E-state index contributed by atoms with van der Waals surface area (Å²) < 4.78 is 2.27. The molecule has 2 heterocycles. The van der Waals surface area contributed by atoms with Gasteiger partial charge in [0.15, 0.2) is 0 Å². The highest BCUT2D eigenvalue weighted by atomic mass is 15.4. The van der Waals surface area contributed by atoms with Crippen molar-refractivity contribution in [1.82, 2.24) is 15.2 Å². The van der Waals surface area contributed by atoms with Crippen molar-refractivity contribution in [3.8, 4) is 22.3 Å². The van der Waals surface area contributed by atoms with Gasteiger partial charge in [-0.05, 0) is 45.5 Å². The Bertz CT molecular complexity index is 2010. The molecule has 1 aromatic heterocycles. The van der Waals surface area contributed by atoms with Crippen LogP contribution in [0.25, 0.3) is 44.1 Å². The molecule has 2 unspecified atom stereocenters. The summed E-state index contributed by atoms with van der Waals surface area (Å²) in [5.41, 5.74) is 9.34. The molecular formula is C39H30N4. The van der Waals surface area contributed by atoms with E-state index < -0.39 is 0 Å². The molecule has 0 spiro atoms. The zero-order chi connectivity index (χ0) is 28.6. The van der Waals surface area contributed by atoms with Gasteiger partial charge in [-0.1, -0.05) is 146 Å². The summed E-state index contributed by atoms with van der Waals surface area (Å²) in [6.07, 6.45) is -0.379. The second-order valence-corrected chi connectivity index (χ2v) is 10.9. The van der Waals surface area contributed by atoms with Crippen LogP contribution in [0.1, 0.15) is 23.5 Å². The number of benzene rings is 6. The Kier molecular flexibility index (Phi) is 6.32. The van der Waals surface area contributed by atoms with Crippen LogP contribution in [0.2, 0.25) is 0 Å². The number of aromatic nitrogens is 1. The lowest BCUT2D eigenvalue weighted by Crippen LogP contribution is -2.47. The van der Waals surface area contributed by atoms with E-state index in [9.17, 15) is 0 Å². The molecule has 0 radical (unpaired) electrons. The van der Waals surface area contributed by atoms with Crippen molar-refractivity contribution in [2.75, 3.05) is 0 Å². The van der Waals surface area contributed by atoms with E-state index in [4.69, 9.17) is 4.99 Å². The van der Waals surface area contributed by atoms with E-state index in [1.807, 2.05) is 6.07 Å². The van der Waals surface area contributed by atoms with Gasteiger partial charge < -0.3 is 5.32 Å². The molecule has 0 aliphatic carbocycles. The van der Waals surface area contributed by atoms with Gasteiger partial charge in [0.1, 0.15) is 12.3 Å². The highest BCUT2D eigenvalue weighted by Crippen LogP contribution is 2.32. The van der Waals surface area contributed by atoms with Gasteiger partial charge in [-0.25, -0.2) is 4.99 Å². The molecule has 8 rings (SSSR count). The fourth-order valence-electron chi connectivity index (χ4n) is 6.14. The Hall–Kier alpha value is -5.45. The van der Waals surface area contributed by atoms with Gasteiger partial charge in [-0.2, -0.15) is 0 Å². The molecule has 0 amide bonds. The van der Waals surface area contributed by atoms with Crippen LogP contribution in [-0.4, -0.2) is 10.5 Å². The number of nitrogens with zero attached hydrogens (tertiary/aromatic N) is 2. The van der Waals surface area contributed by atoms with E-state index in [0.717, 1.165) is 28.1 Å². The molecule has 206 valence electrons. The van der Waals surface area contributed by atoms with Crippen LogP contribution in [0.4, 0.5) is 0 Å². The molecular weight excluding hydrogens is 524 g/mol. The van der Waals surface area contributed by atoms with Crippen LogP contribution in [-0.2, 0) is 0 Å². The number of fused-ring (bicyclic) bond motifs is 3. The predicted octanol–water partition coefficient (Wildman–Crippen LogP) is 8.92. The van der Waals surface area contributed by atoms with E-state index in [1.165, 1.54) is 33.0 Å². The van der Waals surface area contributed by atoms with Crippen molar-refractivity contribution in [2.24, 2.45) is 4.99 Å². The average Bonchev–Trinajstić information content (AvgIpc) is 3.43. The largest absolute Gasteiger partial charge is 0.336 e. The summed E-state index contributed by atoms with van der Waals surface area (Å²) in [5.74, 6) is 0.824. The van der Waals surface area contributed by atoms with Crippen LogP contribution in [0.5, 0.6) is 0 Å². The number of aliphatic imine (C=N–C) groups is 1. The average molecular weight is 555 g/mol.